The summed E-state index contributed by atoms with van der Waals surface area (Å²) in [7, 11) is 4.56. The standard InChI is InChI=1S/C20H14N4.Al.ClH/c1-2-14-10-16-5-6-18(23-16)12-20-8-7-19(24-20)11-17-4-3-15(22-17)9-13(1)21-14;;/h1-12,21-22H;;1H/q;+1;/p-1. The third-order valence-electron chi connectivity index (χ3n) is 4.04. The molecule has 0 spiro atoms. The van der Waals surface area contributed by atoms with Crippen LogP contribution >= 0.6 is 10.0 Å². The van der Waals surface area contributed by atoms with E-state index in [4.69, 9.17) is 0 Å². The number of nitrogens with one attached hydrogen (secondary N) is 2. The minimum absolute atomic E-state index is 0.915. The quantitative estimate of drug-likeness (QED) is 0.377. The number of halogens is 1. The maximum absolute atomic E-state index is 4.62. The van der Waals surface area contributed by atoms with Crippen LogP contribution < -0.4 is 0 Å². The van der Waals surface area contributed by atoms with Gasteiger partial charge in [-0.2, -0.15) is 0 Å². The monoisotopic (exact) mass is 372 g/mol. The van der Waals surface area contributed by atoms with E-state index >= 15 is 0 Å². The van der Waals surface area contributed by atoms with Crippen LogP contribution in [0.4, 0.5) is 0 Å². The first-order valence-electron chi connectivity index (χ1n) is 8.06. The van der Waals surface area contributed by atoms with Gasteiger partial charge in [-0.3, -0.25) is 10.0 Å². The number of nitrogens with zero attached hydrogens (tertiary/aromatic N) is 2. The molecule has 6 heteroatoms. The van der Waals surface area contributed by atoms with E-state index in [9.17, 15) is 0 Å². The molecule has 0 amide bonds. The summed E-state index contributed by atoms with van der Waals surface area (Å²) in [6.07, 6.45) is 8.05. The van der Waals surface area contributed by atoms with E-state index in [0.717, 1.165) is 44.8 Å². The van der Waals surface area contributed by atoms with Crippen LogP contribution in [-0.4, -0.2) is 35.3 Å². The van der Waals surface area contributed by atoms with E-state index in [1.807, 2.05) is 57.9 Å². The molecule has 2 aliphatic rings. The van der Waals surface area contributed by atoms with E-state index in [1.54, 1.807) is 0 Å². The molecule has 8 bridgehead atoms. The lowest BCUT2D eigenvalue weighted by atomic mass is 10.3. The van der Waals surface area contributed by atoms with Crippen molar-refractivity contribution < 1.29 is 0 Å². The summed E-state index contributed by atoms with van der Waals surface area (Å²) in [6, 6.07) is 16.4. The Morgan fingerprint density at radius 3 is 1.31 bits per heavy atom. The summed E-state index contributed by atoms with van der Waals surface area (Å²) >= 11 is 1.89. The van der Waals surface area contributed by atoms with Crippen LogP contribution in [0.1, 0.15) is 22.8 Å². The number of rotatable bonds is 0. The van der Waals surface area contributed by atoms with Crippen molar-refractivity contribution in [3.63, 3.8) is 0 Å². The van der Waals surface area contributed by atoms with Crippen molar-refractivity contribution >= 4 is 71.8 Å². The van der Waals surface area contributed by atoms with E-state index < -0.39 is 0 Å². The number of fused-ring (bicyclic) bond motifs is 8. The van der Waals surface area contributed by atoms with E-state index in [1.165, 1.54) is 0 Å². The molecular formula is C20H14AlClN4. The molecular weight excluding hydrogens is 359 g/mol. The first kappa shape index (κ1) is 16.9. The van der Waals surface area contributed by atoms with Crippen molar-refractivity contribution in [3.05, 3.63) is 71.3 Å². The first-order valence-corrected chi connectivity index (χ1v) is 9.81. The average Bonchev–Trinajstić information content (AvgIpc) is 3.42. The zero-order valence-electron chi connectivity index (χ0n) is 13.8. The topological polar surface area (TPSA) is 57.4 Å². The van der Waals surface area contributed by atoms with Crippen molar-refractivity contribution in [2.24, 2.45) is 0 Å². The highest BCUT2D eigenvalue weighted by Crippen LogP contribution is 2.17. The summed E-state index contributed by atoms with van der Waals surface area (Å²) in [5, 5.41) is 0. The Morgan fingerprint density at radius 1 is 0.538 bits per heavy atom. The molecule has 2 radical (unpaired) electrons. The molecule has 3 aromatic rings. The normalized spacial score (nSPS) is 11.9. The molecule has 0 atom stereocenters. The SMILES string of the molecule is C1=Cc2cc3ccc(cc4ccc(cc5nc(cc1n2)C=C5)[nH]4)[nH]3.[Al][Cl]. The molecule has 26 heavy (non-hydrogen) atoms. The zero-order chi connectivity index (χ0) is 17.9. The highest BCUT2D eigenvalue weighted by molar-refractivity contribution is 6.80. The average molecular weight is 373 g/mol. The van der Waals surface area contributed by atoms with Gasteiger partial charge in [-0.05, 0) is 72.8 Å². The van der Waals surface area contributed by atoms with Crippen LogP contribution in [0.15, 0.2) is 48.5 Å². The molecule has 2 N–H and O–H groups in total. The van der Waals surface area contributed by atoms with Crippen molar-refractivity contribution in [2.75, 3.05) is 0 Å². The van der Waals surface area contributed by atoms with Gasteiger partial charge in [-0.1, -0.05) is 0 Å². The third-order valence-corrected chi connectivity index (χ3v) is 4.04. The molecule has 2 aliphatic heterocycles. The second-order valence-corrected chi connectivity index (χ2v) is 5.91. The lowest BCUT2D eigenvalue weighted by Crippen LogP contribution is -1.77. The number of hydrogen-bond donors (Lipinski definition) is 2. The Bertz CT molecular complexity index is 1080. The molecule has 0 saturated carbocycles. The van der Waals surface area contributed by atoms with Gasteiger partial charge < -0.3 is 9.97 Å². The van der Waals surface area contributed by atoms with Crippen LogP contribution in [0, 0.1) is 0 Å². The molecule has 0 fully saturated rings. The van der Waals surface area contributed by atoms with Crippen molar-refractivity contribution in [3.8, 4) is 0 Å². The van der Waals surface area contributed by atoms with E-state index in [-0.39, 0.29) is 0 Å². The summed E-state index contributed by atoms with van der Waals surface area (Å²) in [6.45, 7) is 0. The van der Waals surface area contributed by atoms with Gasteiger partial charge in [0.2, 0.25) is 0 Å². The van der Waals surface area contributed by atoms with Crippen LogP contribution in [0.2, 0.25) is 0 Å². The Kier molecular flexibility index (Phi) is 4.77. The highest BCUT2D eigenvalue weighted by Gasteiger charge is 2.02. The Balaban J connectivity index is 0.000000814. The molecule has 0 aliphatic carbocycles. The summed E-state index contributed by atoms with van der Waals surface area (Å²) in [5.41, 5.74) is 7.86. The molecule has 3 aromatic heterocycles. The predicted molar refractivity (Wildman–Crippen MR) is 110 cm³/mol. The number of aromatic amines is 2. The molecule has 5 heterocycles. The summed E-state index contributed by atoms with van der Waals surface area (Å²) in [5.74, 6) is 0. The molecule has 5 rings (SSSR count). The van der Waals surface area contributed by atoms with Crippen molar-refractivity contribution in [1.82, 2.24) is 19.9 Å². The van der Waals surface area contributed by atoms with Gasteiger partial charge in [-0.15, -0.1) is 0 Å². The second-order valence-electron chi connectivity index (χ2n) is 5.91. The zero-order valence-corrected chi connectivity index (χ0v) is 15.7. The third kappa shape index (κ3) is 3.66. The highest BCUT2D eigenvalue weighted by atomic mass is 35.6. The smallest absolute Gasteiger partial charge is 0.293 e. The predicted octanol–water partition coefficient (Wildman–Crippen LogP) is 4.96. The molecule has 0 aromatic carbocycles. The number of hydrogen-bond acceptors (Lipinski definition) is 2. The number of H-pyrrole nitrogens is 2. The minimum Gasteiger partial charge on any atom is -0.355 e. The van der Waals surface area contributed by atoms with Gasteiger partial charge >= 0.3 is 0 Å². The fraction of sp³-hybridized carbons (Fsp3) is 0. The Hall–Kier alpha value is -2.58. The maximum Gasteiger partial charge on any atom is 0.293 e. The largest absolute Gasteiger partial charge is 0.355 e. The lowest BCUT2D eigenvalue weighted by Gasteiger charge is -1.86. The number of aromatic nitrogens is 4. The fourth-order valence-corrected chi connectivity index (χ4v) is 2.94. The van der Waals surface area contributed by atoms with Crippen molar-refractivity contribution in [1.29, 1.82) is 0 Å². The van der Waals surface area contributed by atoms with Gasteiger partial charge in [0, 0.05) is 22.1 Å². The second kappa shape index (κ2) is 7.35. The summed E-state index contributed by atoms with van der Waals surface area (Å²) in [4.78, 5) is 16.0. The van der Waals surface area contributed by atoms with Crippen LogP contribution in [-0.2, 0) is 0 Å². The van der Waals surface area contributed by atoms with Gasteiger partial charge in [-0.25, -0.2) is 9.97 Å². The van der Waals surface area contributed by atoms with E-state index in [0.29, 0.717) is 0 Å². The molecule has 0 saturated heterocycles. The minimum atomic E-state index is 0.915. The van der Waals surface area contributed by atoms with Gasteiger partial charge in [0.25, 0.3) is 15.4 Å². The Labute approximate surface area is 162 Å². The van der Waals surface area contributed by atoms with Crippen LogP contribution in [0.5, 0.6) is 0 Å². The van der Waals surface area contributed by atoms with Gasteiger partial charge in [0.05, 0.1) is 22.8 Å². The van der Waals surface area contributed by atoms with Crippen molar-refractivity contribution in [2.45, 2.75) is 0 Å². The first-order chi connectivity index (χ1) is 12.8. The molecule has 4 nitrogen and oxygen atoms in total. The van der Waals surface area contributed by atoms with E-state index in [2.05, 4.69) is 60.3 Å². The van der Waals surface area contributed by atoms with Crippen LogP contribution in [0.3, 0.4) is 0 Å². The maximum atomic E-state index is 4.62. The summed E-state index contributed by atoms with van der Waals surface area (Å²) < 4.78 is 0. The lowest BCUT2D eigenvalue weighted by molar-refractivity contribution is 1.28. The molecule has 0 unspecified atom stereocenters. The fourth-order valence-electron chi connectivity index (χ4n) is 2.94. The van der Waals surface area contributed by atoms with Crippen LogP contribution in [0.25, 0.3) is 46.4 Å². The van der Waals surface area contributed by atoms with Gasteiger partial charge in [0.15, 0.2) is 0 Å². The Morgan fingerprint density at radius 2 is 0.885 bits per heavy atom. The molecule has 124 valence electrons. The van der Waals surface area contributed by atoms with Gasteiger partial charge in [0.1, 0.15) is 0 Å².